The van der Waals surface area contributed by atoms with Gasteiger partial charge in [0.15, 0.2) is 0 Å². The smallest absolute Gasteiger partial charge is 0.413 e. The van der Waals surface area contributed by atoms with E-state index in [9.17, 15) is 9.59 Å². The summed E-state index contributed by atoms with van der Waals surface area (Å²) in [6, 6.07) is 4.95. The van der Waals surface area contributed by atoms with E-state index in [1.165, 1.54) is 12.0 Å². The molecular formula is C18H20Cl2N2O5. The third kappa shape index (κ3) is 3.46. The maximum Gasteiger partial charge on any atom is 0.413 e. The minimum absolute atomic E-state index is 0.252. The van der Waals surface area contributed by atoms with E-state index in [1.807, 2.05) is 0 Å². The summed E-state index contributed by atoms with van der Waals surface area (Å²) in [5.74, 6) is -1.25. The summed E-state index contributed by atoms with van der Waals surface area (Å²) in [4.78, 5) is 32.2. The van der Waals surface area contributed by atoms with E-state index < -0.39 is 29.3 Å². The second-order valence-corrected chi connectivity index (χ2v) is 8.26. The number of carbonyl (C=O) groups excluding carboxylic acids is 2. The van der Waals surface area contributed by atoms with Crippen LogP contribution in [-0.4, -0.2) is 47.7 Å². The van der Waals surface area contributed by atoms with Crippen molar-refractivity contribution in [2.45, 2.75) is 38.5 Å². The van der Waals surface area contributed by atoms with E-state index in [4.69, 9.17) is 37.5 Å². The fourth-order valence-corrected chi connectivity index (χ4v) is 3.89. The van der Waals surface area contributed by atoms with Gasteiger partial charge >= 0.3 is 17.8 Å². The van der Waals surface area contributed by atoms with Gasteiger partial charge in [0.25, 0.3) is 0 Å². The van der Waals surface area contributed by atoms with Gasteiger partial charge in [-0.3, -0.25) is 4.90 Å². The first-order valence-corrected chi connectivity index (χ1v) is 9.15. The average molecular weight is 415 g/mol. The van der Waals surface area contributed by atoms with Gasteiger partial charge in [-0.1, -0.05) is 28.4 Å². The lowest BCUT2D eigenvalue weighted by Gasteiger charge is -2.34. The van der Waals surface area contributed by atoms with Crippen LogP contribution in [0.25, 0.3) is 0 Å². The van der Waals surface area contributed by atoms with Crippen molar-refractivity contribution in [2.75, 3.05) is 13.7 Å². The molecule has 2 heterocycles. The maximum absolute atomic E-state index is 12.7. The summed E-state index contributed by atoms with van der Waals surface area (Å²) in [6.07, 6.45) is -0.229. The molecule has 0 N–H and O–H groups in total. The van der Waals surface area contributed by atoms with Gasteiger partial charge < -0.3 is 14.3 Å². The molecule has 0 saturated carbocycles. The van der Waals surface area contributed by atoms with Gasteiger partial charge in [0.1, 0.15) is 5.60 Å². The second-order valence-electron chi connectivity index (χ2n) is 7.39. The highest BCUT2D eigenvalue weighted by molar-refractivity contribution is 6.35. The van der Waals surface area contributed by atoms with Crippen LogP contribution in [0.4, 0.5) is 4.79 Å². The monoisotopic (exact) mass is 414 g/mol. The summed E-state index contributed by atoms with van der Waals surface area (Å²) >= 11 is 12.2. The third-order valence-electron chi connectivity index (χ3n) is 4.38. The molecule has 0 radical (unpaired) electrons. The van der Waals surface area contributed by atoms with Crippen molar-refractivity contribution in [3.63, 3.8) is 0 Å². The van der Waals surface area contributed by atoms with Crippen LogP contribution < -0.4 is 0 Å². The van der Waals surface area contributed by atoms with Crippen molar-refractivity contribution in [1.82, 2.24) is 4.90 Å². The first-order chi connectivity index (χ1) is 12.6. The zero-order chi connectivity index (χ0) is 20.0. The van der Waals surface area contributed by atoms with E-state index in [-0.39, 0.29) is 6.54 Å². The van der Waals surface area contributed by atoms with Crippen molar-refractivity contribution < 1.29 is 23.9 Å². The second kappa shape index (κ2) is 6.87. The Balaban J connectivity index is 1.99. The van der Waals surface area contributed by atoms with Gasteiger partial charge in [-0.05, 0) is 45.4 Å². The third-order valence-corrected chi connectivity index (χ3v) is 4.81. The minimum Gasteiger partial charge on any atom is -0.465 e. The summed E-state index contributed by atoms with van der Waals surface area (Å²) in [5.41, 5.74) is -1.33. The number of hydrogen-bond donors (Lipinski definition) is 0. The molecule has 2 unspecified atom stereocenters. The molecule has 146 valence electrons. The molecule has 9 heteroatoms. The van der Waals surface area contributed by atoms with Gasteiger partial charge in [-0.15, -0.1) is 0 Å². The van der Waals surface area contributed by atoms with Crippen LogP contribution in [0.15, 0.2) is 23.4 Å². The van der Waals surface area contributed by atoms with Crippen LogP contribution in [0, 0.1) is 5.92 Å². The van der Waals surface area contributed by atoms with E-state index in [0.717, 1.165) is 0 Å². The first kappa shape index (κ1) is 19.8. The Hall–Kier alpha value is -1.99. The quantitative estimate of drug-likeness (QED) is 0.686. The van der Waals surface area contributed by atoms with Crippen molar-refractivity contribution in [2.24, 2.45) is 11.1 Å². The van der Waals surface area contributed by atoms with Crippen molar-refractivity contribution >= 4 is 41.0 Å². The highest BCUT2D eigenvalue weighted by Crippen LogP contribution is 2.45. The summed E-state index contributed by atoms with van der Waals surface area (Å²) < 4.78 is 10.4. The van der Waals surface area contributed by atoms with Gasteiger partial charge in [-0.25, -0.2) is 9.59 Å². The topological polar surface area (TPSA) is 77.4 Å². The fraction of sp³-hybridized carbons (Fsp3) is 0.500. The van der Waals surface area contributed by atoms with Crippen LogP contribution in [0.1, 0.15) is 32.8 Å². The van der Waals surface area contributed by atoms with E-state index >= 15 is 0 Å². The summed E-state index contributed by atoms with van der Waals surface area (Å²) in [6.45, 7) is 5.49. The lowest BCUT2D eigenvalue weighted by atomic mass is 9.88. The van der Waals surface area contributed by atoms with Crippen LogP contribution in [-0.2, 0) is 19.1 Å². The zero-order valence-corrected chi connectivity index (χ0v) is 16.9. The highest BCUT2D eigenvalue weighted by Gasteiger charge is 2.66. The van der Waals surface area contributed by atoms with Gasteiger partial charge in [0.2, 0.25) is 0 Å². The molecule has 0 aromatic heterocycles. The number of ether oxygens (including phenoxy) is 2. The molecule has 2 aliphatic rings. The number of nitrogens with zero attached hydrogens (tertiary/aromatic N) is 2. The van der Waals surface area contributed by atoms with Crippen LogP contribution in [0.3, 0.4) is 0 Å². The largest absolute Gasteiger partial charge is 0.465 e. The number of carbonyl (C=O) groups is 2. The number of methoxy groups -OCH3 is 1. The number of hydrogen-bond acceptors (Lipinski definition) is 6. The SMILES string of the molecule is COC(=O)C12ON=C(c3cc(Cl)cc(Cl)c3)C1CCN2C(=O)OC(C)(C)C. The van der Waals surface area contributed by atoms with Crippen LogP contribution in [0.5, 0.6) is 0 Å². The molecule has 0 bridgehead atoms. The van der Waals surface area contributed by atoms with E-state index in [2.05, 4.69) is 5.16 Å². The van der Waals surface area contributed by atoms with E-state index in [0.29, 0.717) is 27.7 Å². The van der Waals surface area contributed by atoms with Crippen molar-refractivity contribution in [3.05, 3.63) is 33.8 Å². The predicted octanol–water partition coefficient (Wildman–Crippen LogP) is 3.85. The lowest BCUT2D eigenvalue weighted by molar-refractivity contribution is -0.190. The fourth-order valence-electron chi connectivity index (χ4n) is 3.36. The number of halogens is 2. The maximum atomic E-state index is 12.7. The van der Waals surface area contributed by atoms with Crippen molar-refractivity contribution in [3.8, 4) is 0 Å². The number of benzene rings is 1. The summed E-state index contributed by atoms with van der Waals surface area (Å²) in [5, 5.41) is 4.95. The molecule has 7 nitrogen and oxygen atoms in total. The highest BCUT2D eigenvalue weighted by atomic mass is 35.5. The zero-order valence-electron chi connectivity index (χ0n) is 15.4. The number of likely N-dealkylation sites (tertiary alicyclic amines) is 1. The lowest BCUT2D eigenvalue weighted by Crippen LogP contribution is -2.58. The molecule has 0 aliphatic carbocycles. The van der Waals surface area contributed by atoms with Gasteiger partial charge in [-0.2, -0.15) is 0 Å². The normalized spacial score (nSPS) is 24.1. The Labute approximate surface area is 167 Å². The molecular weight excluding hydrogens is 395 g/mol. The van der Waals surface area contributed by atoms with Gasteiger partial charge in [0, 0.05) is 22.2 Å². The predicted molar refractivity (Wildman–Crippen MR) is 99.9 cm³/mol. The average Bonchev–Trinajstić information content (AvgIpc) is 3.08. The molecule has 1 saturated heterocycles. The number of amides is 1. The molecule has 27 heavy (non-hydrogen) atoms. The van der Waals surface area contributed by atoms with Gasteiger partial charge in [0.05, 0.1) is 18.7 Å². The first-order valence-electron chi connectivity index (χ1n) is 8.40. The molecule has 1 aromatic carbocycles. The Morgan fingerprint density at radius 2 is 1.89 bits per heavy atom. The molecule has 2 atom stereocenters. The number of rotatable bonds is 2. The van der Waals surface area contributed by atoms with Crippen molar-refractivity contribution in [1.29, 1.82) is 0 Å². The molecule has 3 rings (SSSR count). The number of esters is 1. The molecule has 1 amide bonds. The van der Waals surface area contributed by atoms with Crippen LogP contribution >= 0.6 is 23.2 Å². The molecule has 0 spiro atoms. The molecule has 1 fully saturated rings. The Morgan fingerprint density at radius 1 is 1.26 bits per heavy atom. The summed E-state index contributed by atoms with van der Waals surface area (Å²) in [7, 11) is 1.23. The molecule has 2 aliphatic heterocycles. The minimum atomic E-state index is -1.71. The van der Waals surface area contributed by atoms with Crippen LogP contribution in [0.2, 0.25) is 10.0 Å². The number of fused-ring (bicyclic) bond motifs is 1. The Kier molecular flexibility index (Phi) is 5.03. The van der Waals surface area contributed by atoms with E-state index in [1.54, 1.807) is 39.0 Å². The Bertz CT molecular complexity index is 800. The number of oxime groups is 1. The Morgan fingerprint density at radius 3 is 2.44 bits per heavy atom. The standard InChI is InChI=1S/C18H20Cl2N2O5/c1-17(2,3)26-16(24)22-6-5-13-14(10-7-11(19)9-12(20)8-10)21-27-18(13,22)15(23)25-4/h7-9,13H,5-6H2,1-4H3. The molecule has 1 aromatic rings.